The number of hydrogen-bond donors (Lipinski definition) is 1. The molecular formula is C16H21FN2O2. The van der Waals surface area contributed by atoms with Crippen molar-refractivity contribution in [3.8, 4) is 5.75 Å². The summed E-state index contributed by atoms with van der Waals surface area (Å²) in [4.78, 5) is 0. The number of benzene rings is 1. The van der Waals surface area contributed by atoms with Gasteiger partial charge in [0.05, 0.1) is 0 Å². The van der Waals surface area contributed by atoms with Crippen LogP contribution in [0.5, 0.6) is 5.75 Å². The molecule has 0 bridgehead atoms. The Balaban J connectivity index is 1.98. The van der Waals surface area contributed by atoms with Gasteiger partial charge in [-0.1, -0.05) is 18.1 Å². The van der Waals surface area contributed by atoms with Gasteiger partial charge >= 0.3 is 0 Å². The smallest absolute Gasteiger partial charge is 0.134 e. The predicted molar refractivity (Wildman–Crippen MR) is 78.7 cm³/mol. The van der Waals surface area contributed by atoms with Gasteiger partial charge in [0.15, 0.2) is 0 Å². The van der Waals surface area contributed by atoms with E-state index in [1.165, 1.54) is 6.07 Å². The molecule has 1 unspecified atom stereocenters. The molecule has 1 aromatic carbocycles. The number of nitrogens with one attached hydrogen (secondary N) is 1. The highest BCUT2D eigenvalue weighted by Crippen LogP contribution is 2.22. The van der Waals surface area contributed by atoms with Crippen molar-refractivity contribution in [1.29, 1.82) is 0 Å². The van der Waals surface area contributed by atoms with E-state index in [2.05, 4.69) is 17.4 Å². The van der Waals surface area contributed by atoms with Crippen LogP contribution >= 0.6 is 0 Å². The lowest BCUT2D eigenvalue weighted by molar-refractivity contribution is 0.286. The molecule has 21 heavy (non-hydrogen) atoms. The predicted octanol–water partition coefficient (Wildman–Crippen LogP) is 3.76. The maximum absolute atomic E-state index is 14.1. The largest absolute Gasteiger partial charge is 0.487 e. The highest BCUT2D eigenvalue weighted by atomic mass is 19.1. The van der Waals surface area contributed by atoms with Crippen LogP contribution in [0.3, 0.4) is 0 Å². The lowest BCUT2D eigenvalue weighted by atomic mass is 10.1. The molecule has 0 saturated heterocycles. The Labute approximate surface area is 124 Å². The van der Waals surface area contributed by atoms with Crippen molar-refractivity contribution in [3.63, 3.8) is 0 Å². The van der Waals surface area contributed by atoms with Gasteiger partial charge in [-0.05, 0) is 32.9 Å². The van der Waals surface area contributed by atoms with Crippen LogP contribution in [0.2, 0.25) is 0 Å². The quantitative estimate of drug-likeness (QED) is 0.844. The zero-order valence-electron chi connectivity index (χ0n) is 12.6. The maximum Gasteiger partial charge on any atom is 0.134 e. The molecule has 1 aromatic heterocycles. The Morgan fingerprint density at radius 1 is 1.38 bits per heavy atom. The zero-order chi connectivity index (χ0) is 15.2. The van der Waals surface area contributed by atoms with Gasteiger partial charge in [0.2, 0.25) is 0 Å². The van der Waals surface area contributed by atoms with Crippen molar-refractivity contribution in [2.75, 3.05) is 6.54 Å². The first-order chi connectivity index (χ1) is 10.1. The average molecular weight is 292 g/mol. The second kappa shape index (κ2) is 7.22. The van der Waals surface area contributed by atoms with Gasteiger partial charge < -0.3 is 14.6 Å². The number of aromatic nitrogens is 1. The van der Waals surface area contributed by atoms with Gasteiger partial charge in [-0.25, -0.2) is 4.39 Å². The first-order valence-electron chi connectivity index (χ1n) is 7.18. The number of ether oxygens (including phenoxy) is 1. The van der Waals surface area contributed by atoms with Crippen molar-refractivity contribution in [2.24, 2.45) is 0 Å². The van der Waals surface area contributed by atoms with E-state index in [0.29, 0.717) is 17.0 Å². The summed E-state index contributed by atoms with van der Waals surface area (Å²) in [7, 11) is 0. The SMILES string of the molecule is CCCNC(C)c1ccc(OCc2cc(C)on2)cc1F. The first-order valence-corrected chi connectivity index (χ1v) is 7.18. The highest BCUT2D eigenvalue weighted by molar-refractivity contribution is 5.30. The van der Waals surface area contributed by atoms with E-state index in [0.717, 1.165) is 18.7 Å². The Kier molecular flexibility index (Phi) is 5.33. The van der Waals surface area contributed by atoms with Gasteiger partial charge in [0.25, 0.3) is 0 Å². The molecule has 0 aliphatic carbocycles. The fraction of sp³-hybridized carbons (Fsp3) is 0.438. The standard InChI is InChI=1S/C16H21FN2O2/c1-4-7-18-12(3)15-6-5-14(9-16(15)17)20-10-13-8-11(2)21-19-13/h5-6,8-9,12,18H,4,7,10H2,1-3H3. The summed E-state index contributed by atoms with van der Waals surface area (Å²) in [5.74, 6) is 0.950. The summed E-state index contributed by atoms with van der Waals surface area (Å²) in [6.45, 7) is 6.98. The molecular weight excluding hydrogens is 271 g/mol. The van der Waals surface area contributed by atoms with Crippen LogP contribution < -0.4 is 10.1 Å². The lowest BCUT2D eigenvalue weighted by Gasteiger charge is -2.15. The van der Waals surface area contributed by atoms with Crippen molar-refractivity contribution in [3.05, 3.63) is 47.1 Å². The summed E-state index contributed by atoms with van der Waals surface area (Å²) < 4.78 is 24.6. The molecule has 0 aliphatic heterocycles. The number of rotatable bonds is 7. The molecule has 1 N–H and O–H groups in total. The molecule has 0 spiro atoms. The number of nitrogens with zero attached hydrogens (tertiary/aromatic N) is 1. The van der Waals surface area contributed by atoms with Gasteiger partial charge in [-0.3, -0.25) is 0 Å². The highest BCUT2D eigenvalue weighted by Gasteiger charge is 2.11. The molecule has 1 atom stereocenters. The van der Waals surface area contributed by atoms with E-state index in [1.54, 1.807) is 18.2 Å². The van der Waals surface area contributed by atoms with Crippen LogP contribution in [0.4, 0.5) is 4.39 Å². The Hall–Kier alpha value is -1.88. The van der Waals surface area contributed by atoms with Crippen molar-refractivity contribution >= 4 is 0 Å². The summed E-state index contributed by atoms with van der Waals surface area (Å²) in [6, 6.07) is 6.72. The van der Waals surface area contributed by atoms with Crippen molar-refractivity contribution in [2.45, 2.75) is 39.8 Å². The van der Waals surface area contributed by atoms with Crippen molar-refractivity contribution in [1.82, 2.24) is 10.5 Å². The molecule has 2 aromatic rings. The Morgan fingerprint density at radius 3 is 2.81 bits per heavy atom. The minimum atomic E-state index is -0.264. The van der Waals surface area contributed by atoms with Gasteiger partial charge in [0, 0.05) is 23.7 Å². The van der Waals surface area contributed by atoms with E-state index in [9.17, 15) is 4.39 Å². The van der Waals surface area contributed by atoms with E-state index in [1.807, 2.05) is 13.8 Å². The second-order valence-electron chi connectivity index (χ2n) is 5.08. The molecule has 0 aliphatic rings. The van der Waals surface area contributed by atoms with E-state index < -0.39 is 0 Å². The van der Waals surface area contributed by atoms with Crippen molar-refractivity contribution < 1.29 is 13.7 Å². The summed E-state index contributed by atoms with van der Waals surface area (Å²) in [5, 5.41) is 7.10. The normalized spacial score (nSPS) is 12.4. The Bertz CT molecular complexity index is 583. The molecule has 1 heterocycles. The molecule has 2 rings (SSSR count). The van der Waals surface area contributed by atoms with Crippen LogP contribution in [0, 0.1) is 12.7 Å². The molecule has 0 amide bonds. The molecule has 114 valence electrons. The van der Waals surface area contributed by atoms with Gasteiger partial charge in [-0.15, -0.1) is 0 Å². The van der Waals surface area contributed by atoms with Crippen LogP contribution in [0.15, 0.2) is 28.8 Å². The Morgan fingerprint density at radius 2 is 2.19 bits per heavy atom. The van der Waals surface area contributed by atoms with Crippen LogP contribution in [0.1, 0.15) is 43.3 Å². The summed E-state index contributed by atoms with van der Waals surface area (Å²) >= 11 is 0. The molecule has 0 saturated carbocycles. The third kappa shape index (κ3) is 4.29. The molecule has 5 heteroatoms. The minimum Gasteiger partial charge on any atom is -0.487 e. The van der Waals surface area contributed by atoms with Crippen LogP contribution in [0.25, 0.3) is 0 Å². The number of halogens is 1. The first kappa shape index (κ1) is 15.5. The maximum atomic E-state index is 14.1. The fourth-order valence-electron chi connectivity index (χ4n) is 2.06. The van der Waals surface area contributed by atoms with E-state index >= 15 is 0 Å². The minimum absolute atomic E-state index is 0.0165. The topological polar surface area (TPSA) is 47.3 Å². The van der Waals surface area contributed by atoms with E-state index in [-0.39, 0.29) is 18.5 Å². The third-order valence-corrected chi connectivity index (χ3v) is 3.20. The molecule has 4 nitrogen and oxygen atoms in total. The monoisotopic (exact) mass is 292 g/mol. The van der Waals surface area contributed by atoms with E-state index in [4.69, 9.17) is 9.26 Å². The number of aryl methyl sites for hydroxylation is 1. The van der Waals surface area contributed by atoms with Crippen LogP contribution in [-0.2, 0) is 6.61 Å². The lowest BCUT2D eigenvalue weighted by Crippen LogP contribution is -2.20. The zero-order valence-corrected chi connectivity index (χ0v) is 12.6. The average Bonchev–Trinajstić information content (AvgIpc) is 2.88. The van der Waals surface area contributed by atoms with Gasteiger partial charge in [-0.2, -0.15) is 0 Å². The second-order valence-corrected chi connectivity index (χ2v) is 5.08. The summed E-state index contributed by atoms with van der Waals surface area (Å²) in [6.07, 6.45) is 1.02. The molecule has 0 radical (unpaired) electrons. The van der Waals surface area contributed by atoms with Crippen LogP contribution in [-0.4, -0.2) is 11.7 Å². The third-order valence-electron chi connectivity index (χ3n) is 3.20. The van der Waals surface area contributed by atoms with Gasteiger partial charge in [0.1, 0.15) is 29.6 Å². The fourth-order valence-corrected chi connectivity index (χ4v) is 2.06. The summed E-state index contributed by atoms with van der Waals surface area (Å²) in [5.41, 5.74) is 1.34. The number of hydrogen-bond acceptors (Lipinski definition) is 4. The molecule has 0 fully saturated rings.